The minimum Gasteiger partial charge on any atom is -0.462 e. The summed E-state index contributed by atoms with van der Waals surface area (Å²) in [7, 11) is 4.23. The van der Waals surface area contributed by atoms with Gasteiger partial charge in [0.15, 0.2) is 0 Å². The average molecular weight is 579 g/mol. The van der Waals surface area contributed by atoms with Crippen LogP contribution in [0.3, 0.4) is 0 Å². The van der Waals surface area contributed by atoms with Gasteiger partial charge in [-0.3, -0.25) is 9.59 Å². The van der Waals surface area contributed by atoms with Crippen LogP contribution in [0.1, 0.15) is 83.5 Å². The Kier molecular flexibility index (Phi) is 7.22. The van der Waals surface area contributed by atoms with Crippen molar-refractivity contribution >= 4 is 11.9 Å². The summed E-state index contributed by atoms with van der Waals surface area (Å²) in [6.45, 7) is 11.4. The van der Waals surface area contributed by atoms with Gasteiger partial charge in [-0.15, -0.1) is 0 Å². The Hall–Kier alpha value is -2.22. The maximum Gasteiger partial charge on any atom is 0.302 e. The molecule has 2 N–H and O–H groups in total. The Labute approximate surface area is 251 Å². The molecule has 5 aliphatic rings. The first-order chi connectivity index (χ1) is 19.7. The van der Waals surface area contributed by atoms with Gasteiger partial charge in [0.2, 0.25) is 0 Å². The number of aliphatic hydroxyl groups is 1. The number of nitrogens with zero attached hydrogens (tertiary/aromatic N) is 1. The summed E-state index contributed by atoms with van der Waals surface area (Å²) in [5.74, 6) is 0.0821. The molecule has 0 spiro atoms. The van der Waals surface area contributed by atoms with E-state index in [-0.39, 0.29) is 70.2 Å². The fraction of sp³-hybridized carbons (Fsp3) is 0.714. The van der Waals surface area contributed by atoms with Crippen LogP contribution in [-0.4, -0.2) is 72.5 Å². The molecule has 3 saturated carbocycles. The maximum atomic E-state index is 13.2. The number of carbonyl (C=O) groups is 2. The first-order valence-electron chi connectivity index (χ1n) is 16.0. The van der Waals surface area contributed by atoms with Crippen LogP contribution in [0.25, 0.3) is 0 Å². The number of ether oxygens (including phenoxy) is 2. The third-order valence-electron chi connectivity index (χ3n) is 13.0. The molecule has 1 aromatic carbocycles. The van der Waals surface area contributed by atoms with Crippen LogP contribution in [0.15, 0.2) is 42.0 Å². The molecule has 1 saturated heterocycles. The van der Waals surface area contributed by atoms with Crippen LogP contribution in [0.5, 0.6) is 0 Å². The van der Waals surface area contributed by atoms with Crippen molar-refractivity contribution in [2.75, 3.05) is 20.7 Å². The molecule has 0 aromatic heterocycles. The molecule has 1 aliphatic heterocycles. The number of allylic oxidation sites excluding steroid dienone is 1. The van der Waals surface area contributed by atoms with E-state index in [1.807, 2.05) is 30.3 Å². The second-order valence-corrected chi connectivity index (χ2v) is 15.2. The Morgan fingerprint density at radius 2 is 1.86 bits per heavy atom. The predicted molar refractivity (Wildman–Crippen MR) is 162 cm³/mol. The minimum atomic E-state index is -0.876. The number of fused-ring (bicyclic) bond motifs is 3. The van der Waals surface area contributed by atoms with Crippen molar-refractivity contribution in [2.45, 2.75) is 103 Å². The molecule has 7 heteroatoms. The number of carbonyl (C=O) groups excluding carboxylic acids is 2. The van der Waals surface area contributed by atoms with Crippen molar-refractivity contribution in [2.24, 2.45) is 34.0 Å². The lowest BCUT2D eigenvalue weighted by Gasteiger charge is -2.54. The van der Waals surface area contributed by atoms with Gasteiger partial charge in [0.05, 0.1) is 18.3 Å². The second kappa shape index (κ2) is 10.2. The molecule has 230 valence electrons. The number of nitrogens with one attached hydrogen (secondary N) is 1. The lowest BCUT2D eigenvalue weighted by atomic mass is 9.51. The highest BCUT2D eigenvalue weighted by molar-refractivity contribution is 5.94. The summed E-state index contributed by atoms with van der Waals surface area (Å²) in [6.07, 6.45) is 6.77. The van der Waals surface area contributed by atoms with Gasteiger partial charge in [0, 0.05) is 41.8 Å². The number of hydrogen-bond donors (Lipinski definition) is 2. The van der Waals surface area contributed by atoms with Crippen molar-refractivity contribution < 1.29 is 24.2 Å². The summed E-state index contributed by atoms with van der Waals surface area (Å²) in [4.78, 5) is 27.8. The highest BCUT2D eigenvalue weighted by Gasteiger charge is 2.69. The zero-order valence-electron chi connectivity index (χ0n) is 26.5. The van der Waals surface area contributed by atoms with E-state index in [1.54, 1.807) is 0 Å². The number of benzene rings is 1. The van der Waals surface area contributed by atoms with Crippen molar-refractivity contribution in [1.29, 1.82) is 0 Å². The molecule has 4 aliphatic carbocycles. The van der Waals surface area contributed by atoms with Gasteiger partial charge in [-0.1, -0.05) is 50.6 Å². The van der Waals surface area contributed by atoms with Crippen LogP contribution >= 0.6 is 0 Å². The van der Waals surface area contributed by atoms with Crippen molar-refractivity contribution in [3.63, 3.8) is 0 Å². The van der Waals surface area contributed by atoms with Gasteiger partial charge < -0.3 is 24.8 Å². The summed E-state index contributed by atoms with van der Waals surface area (Å²) < 4.78 is 12.8. The summed E-state index contributed by atoms with van der Waals surface area (Å²) >= 11 is 0. The van der Waals surface area contributed by atoms with E-state index in [2.05, 4.69) is 58.1 Å². The van der Waals surface area contributed by atoms with Crippen LogP contribution in [0.4, 0.5) is 0 Å². The number of hydrogen-bond acceptors (Lipinski definition) is 6. The molecular formula is C35H50N2O5. The summed E-state index contributed by atoms with van der Waals surface area (Å²) in [6, 6.07) is 9.56. The minimum absolute atomic E-state index is 0.0625. The van der Waals surface area contributed by atoms with Gasteiger partial charge >= 0.3 is 5.97 Å². The Morgan fingerprint density at radius 3 is 2.52 bits per heavy atom. The predicted octanol–water partition coefficient (Wildman–Crippen LogP) is 4.99. The Morgan fingerprint density at radius 1 is 1.14 bits per heavy atom. The van der Waals surface area contributed by atoms with Crippen LogP contribution in [0, 0.1) is 34.0 Å². The lowest BCUT2D eigenvalue weighted by molar-refractivity contribution is -0.150. The largest absolute Gasteiger partial charge is 0.462 e. The van der Waals surface area contributed by atoms with Crippen molar-refractivity contribution in [1.82, 2.24) is 10.2 Å². The fourth-order valence-electron chi connectivity index (χ4n) is 10.6. The topological polar surface area (TPSA) is 88.1 Å². The smallest absolute Gasteiger partial charge is 0.302 e. The molecular weight excluding hydrogens is 528 g/mol. The van der Waals surface area contributed by atoms with Crippen LogP contribution in [-0.2, 0) is 14.3 Å². The van der Waals surface area contributed by atoms with Crippen molar-refractivity contribution in [3.05, 3.63) is 47.5 Å². The monoisotopic (exact) mass is 578 g/mol. The molecule has 6 rings (SSSR count). The number of esters is 1. The van der Waals surface area contributed by atoms with Gasteiger partial charge in [-0.05, 0) is 88.4 Å². The van der Waals surface area contributed by atoms with E-state index >= 15 is 0 Å². The molecule has 1 amide bonds. The van der Waals surface area contributed by atoms with E-state index in [9.17, 15) is 14.7 Å². The maximum absolute atomic E-state index is 13.2. The first-order valence-corrected chi connectivity index (χ1v) is 16.0. The molecule has 0 bridgehead atoms. The lowest BCUT2D eigenvalue weighted by Crippen LogP contribution is -2.61. The molecule has 42 heavy (non-hydrogen) atoms. The Balaban J connectivity index is 1.33. The molecule has 11 atom stereocenters. The van der Waals surface area contributed by atoms with Gasteiger partial charge in [-0.2, -0.15) is 0 Å². The van der Waals surface area contributed by atoms with Gasteiger partial charge in [0.1, 0.15) is 6.10 Å². The quantitative estimate of drug-likeness (QED) is 0.378. The highest BCUT2D eigenvalue weighted by atomic mass is 16.5. The number of amides is 1. The third kappa shape index (κ3) is 4.32. The van der Waals surface area contributed by atoms with E-state index in [4.69, 9.17) is 9.47 Å². The van der Waals surface area contributed by atoms with Crippen molar-refractivity contribution in [3.8, 4) is 0 Å². The van der Waals surface area contributed by atoms with Crippen LogP contribution < -0.4 is 5.32 Å². The molecule has 0 radical (unpaired) electrons. The summed E-state index contributed by atoms with van der Waals surface area (Å²) in [5.41, 5.74) is 0.587. The first kappa shape index (κ1) is 29.8. The van der Waals surface area contributed by atoms with E-state index in [1.165, 1.54) is 12.5 Å². The molecule has 7 nitrogen and oxygen atoms in total. The normalized spacial score (nSPS) is 44.7. The second-order valence-electron chi connectivity index (χ2n) is 15.2. The highest BCUT2D eigenvalue weighted by Crippen LogP contribution is 2.70. The fourth-order valence-corrected chi connectivity index (χ4v) is 10.6. The zero-order valence-corrected chi connectivity index (χ0v) is 26.5. The number of rotatable bonds is 5. The van der Waals surface area contributed by atoms with Crippen LogP contribution in [0.2, 0.25) is 0 Å². The van der Waals surface area contributed by atoms with Gasteiger partial charge in [0.25, 0.3) is 5.91 Å². The summed E-state index contributed by atoms with van der Waals surface area (Å²) in [5, 5.41) is 15.8. The third-order valence-corrected chi connectivity index (χ3v) is 13.0. The molecule has 1 aromatic rings. The standard InChI is InChI=1S/C35H50N2O5/c1-21(37(6)7)29-27(42-22(2)38)19-34(5)25-17-26-30-32(3,20-41-26)28(36-31(39)23-11-9-8-10-12-23)14-16-35(30,40)18-24(25)13-15-33(29,34)4/h8-13,21,25-30,40H,14-20H2,1-7H3,(H,36,39). The molecule has 4 fully saturated rings. The zero-order chi connectivity index (χ0) is 30.2. The SMILES string of the molecule is CC(=O)OC1CC2(C)C3CC4OCC5(C)C(NC(=O)c6ccccc6)CCC(O)(CC3=CCC2(C)C1C(C)N(C)C)C45. The van der Waals surface area contributed by atoms with E-state index in [0.29, 0.717) is 25.0 Å². The van der Waals surface area contributed by atoms with E-state index < -0.39 is 5.60 Å². The molecule has 11 unspecified atom stereocenters. The van der Waals surface area contributed by atoms with E-state index in [0.717, 1.165) is 25.7 Å². The molecule has 1 heterocycles. The van der Waals surface area contributed by atoms with Gasteiger partial charge in [-0.25, -0.2) is 0 Å². The average Bonchev–Trinajstić information content (AvgIpc) is 3.33. The Bertz CT molecular complexity index is 1270.